The van der Waals surface area contributed by atoms with Crippen LogP contribution in [0.2, 0.25) is 0 Å². The second-order valence-corrected chi connectivity index (χ2v) is 9.47. The van der Waals surface area contributed by atoms with Crippen molar-refractivity contribution in [3.05, 3.63) is 15.9 Å². The molecule has 0 aromatic carbocycles. The Bertz CT molecular complexity index is 576. The molecule has 5 nitrogen and oxygen atoms in total. The molecule has 1 aromatic rings. The average Bonchev–Trinajstić information content (AvgIpc) is 2.84. The van der Waals surface area contributed by atoms with Gasteiger partial charge in [-0.2, -0.15) is 4.31 Å². The molecule has 0 unspecified atom stereocenters. The lowest BCUT2D eigenvalue weighted by Crippen LogP contribution is -2.38. The van der Waals surface area contributed by atoms with Crippen LogP contribution in [0.3, 0.4) is 0 Å². The van der Waals surface area contributed by atoms with E-state index in [9.17, 15) is 13.2 Å². The molecule has 1 aliphatic rings. The number of thiophene rings is 1. The Kier molecular flexibility index (Phi) is 5.22. The van der Waals surface area contributed by atoms with Crippen LogP contribution in [0.1, 0.15) is 25.7 Å². The van der Waals surface area contributed by atoms with Gasteiger partial charge in [0, 0.05) is 19.5 Å². The van der Waals surface area contributed by atoms with E-state index in [4.69, 9.17) is 5.11 Å². The van der Waals surface area contributed by atoms with Crippen molar-refractivity contribution in [1.29, 1.82) is 0 Å². The molecule has 0 amide bonds. The molecule has 0 atom stereocenters. The SMILES string of the molecule is O=C(O)CCC1CCN(S(=O)(=O)c2ccc(Br)s2)CC1. The normalized spacial score (nSPS) is 18.2. The van der Waals surface area contributed by atoms with E-state index in [0.717, 1.165) is 16.6 Å². The van der Waals surface area contributed by atoms with Crippen LogP contribution in [0.15, 0.2) is 20.1 Å². The lowest BCUT2D eigenvalue weighted by atomic mass is 9.93. The minimum absolute atomic E-state index is 0.162. The number of rotatable bonds is 5. The molecule has 1 aromatic heterocycles. The lowest BCUT2D eigenvalue weighted by molar-refractivity contribution is -0.137. The van der Waals surface area contributed by atoms with Gasteiger partial charge in [0.2, 0.25) is 0 Å². The Balaban J connectivity index is 1.95. The number of nitrogens with zero attached hydrogens (tertiary/aromatic N) is 1. The molecule has 0 bridgehead atoms. The lowest BCUT2D eigenvalue weighted by Gasteiger charge is -2.30. The number of sulfonamides is 1. The van der Waals surface area contributed by atoms with Crippen molar-refractivity contribution in [2.45, 2.75) is 29.9 Å². The summed E-state index contributed by atoms with van der Waals surface area (Å²) in [4.78, 5) is 10.5. The van der Waals surface area contributed by atoms with Crippen molar-refractivity contribution in [2.75, 3.05) is 13.1 Å². The fourth-order valence-electron chi connectivity index (χ4n) is 2.33. The zero-order valence-electron chi connectivity index (χ0n) is 10.8. The summed E-state index contributed by atoms with van der Waals surface area (Å²) in [6.07, 6.45) is 2.27. The number of hydrogen-bond donors (Lipinski definition) is 1. The van der Waals surface area contributed by atoms with Crippen LogP contribution in [0.4, 0.5) is 0 Å². The highest BCUT2D eigenvalue weighted by Crippen LogP contribution is 2.31. The summed E-state index contributed by atoms with van der Waals surface area (Å²) < 4.78 is 27.4. The van der Waals surface area contributed by atoms with Gasteiger partial charge < -0.3 is 5.11 Å². The Hall–Kier alpha value is -0.440. The predicted octanol–water partition coefficient (Wildman–Crippen LogP) is 2.78. The van der Waals surface area contributed by atoms with Gasteiger partial charge in [-0.15, -0.1) is 11.3 Å². The Labute approximate surface area is 130 Å². The van der Waals surface area contributed by atoms with Gasteiger partial charge in [0.25, 0.3) is 10.0 Å². The Morgan fingerprint density at radius 3 is 2.55 bits per heavy atom. The molecule has 20 heavy (non-hydrogen) atoms. The molecule has 1 aliphatic heterocycles. The molecule has 1 saturated heterocycles. The number of carboxylic acid groups (broad SMARTS) is 1. The molecule has 112 valence electrons. The van der Waals surface area contributed by atoms with Crippen molar-refractivity contribution in [1.82, 2.24) is 4.31 Å². The van der Waals surface area contributed by atoms with Crippen LogP contribution in [0.25, 0.3) is 0 Å². The summed E-state index contributed by atoms with van der Waals surface area (Å²) >= 11 is 4.48. The summed E-state index contributed by atoms with van der Waals surface area (Å²) in [6.45, 7) is 0.949. The maximum atomic E-state index is 12.4. The number of piperidine rings is 1. The van der Waals surface area contributed by atoms with Crippen LogP contribution < -0.4 is 0 Å². The van der Waals surface area contributed by atoms with Gasteiger partial charge in [0.1, 0.15) is 4.21 Å². The molecule has 1 fully saturated rings. The van der Waals surface area contributed by atoms with E-state index in [-0.39, 0.29) is 6.42 Å². The first-order valence-corrected chi connectivity index (χ1v) is 9.42. The van der Waals surface area contributed by atoms with Gasteiger partial charge in [-0.1, -0.05) is 0 Å². The molecule has 0 radical (unpaired) electrons. The van der Waals surface area contributed by atoms with E-state index < -0.39 is 16.0 Å². The summed E-state index contributed by atoms with van der Waals surface area (Å²) in [5, 5.41) is 8.67. The molecule has 0 aliphatic carbocycles. The topological polar surface area (TPSA) is 74.7 Å². The van der Waals surface area contributed by atoms with Crippen molar-refractivity contribution < 1.29 is 18.3 Å². The minimum Gasteiger partial charge on any atom is -0.481 e. The first-order valence-electron chi connectivity index (χ1n) is 6.37. The number of hydrogen-bond acceptors (Lipinski definition) is 4. The maximum Gasteiger partial charge on any atom is 0.303 e. The Morgan fingerprint density at radius 1 is 1.40 bits per heavy atom. The quantitative estimate of drug-likeness (QED) is 0.850. The van der Waals surface area contributed by atoms with Crippen molar-refractivity contribution in [3.63, 3.8) is 0 Å². The average molecular weight is 382 g/mol. The molecule has 8 heteroatoms. The number of carboxylic acids is 1. The van der Waals surface area contributed by atoms with Crippen LogP contribution >= 0.6 is 27.3 Å². The molecule has 0 spiro atoms. The van der Waals surface area contributed by atoms with Gasteiger partial charge in [0.15, 0.2) is 0 Å². The fourth-order valence-corrected chi connectivity index (χ4v) is 5.96. The largest absolute Gasteiger partial charge is 0.481 e. The van der Waals surface area contributed by atoms with E-state index in [1.165, 1.54) is 15.6 Å². The van der Waals surface area contributed by atoms with Gasteiger partial charge in [0.05, 0.1) is 3.79 Å². The zero-order valence-corrected chi connectivity index (χ0v) is 14.0. The first kappa shape index (κ1) is 15.9. The standard InChI is InChI=1S/C12H16BrNO4S2/c13-10-2-4-12(19-10)20(17,18)14-7-5-9(6-8-14)1-3-11(15)16/h2,4,9H,1,3,5-8H2,(H,15,16). The molecular formula is C12H16BrNO4S2. The molecule has 0 saturated carbocycles. The van der Waals surface area contributed by atoms with Gasteiger partial charge in [-0.3, -0.25) is 4.79 Å². The second-order valence-electron chi connectivity index (χ2n) is 4.84. The van der Waals surface area contributed by atoms with Crippen molar-refractivity contribution in [2.24, 2.45) is 5.92 Å². The van der Waals surface area contributed by atoms with E-state index in [1.807, 2.05) is 0 Å². The molecule has 2 heterocycles. The highest BCUT2D eigenvalue weighted by molar-refractivity contribution is 9.11. The smallest absolute Gasteiger partial charge is 0.303 e. The van der Waals surface area contributed by atoms with Crippen LogP contribution in [0.5, 0.6) is 0 Å². The summed E-state index contributed by atoms with van der Waals surface area (Å²) in [7, 11) is -3.39. The molecule has 1 N–H and O–H groups in total. The Morgan fingerprint density at radius 2 is 2.05 bits per heavy atom. The summed E-state index contributed by atoms with van der Waals surface area (Å²) in [5.74, 6) is -0.476. The van der Waals surface area contributed by atoms with Gasteiger partial charge in [-0.05, 0) is 53.2 Å². The van der Waals surface area contributed by atoms with Crippen molar-refractivity contribution >= 4 is 43.3 Å². The van der Waals surface area contributed by atoms with Crippen LogP contribution in [0, 0.1) is 5.92 Å². The van der Waals surface area contributed by atoms with Crippen LogP contribution in [-0.2, 0) is 14.8 Å². The van der Waals surface area contributed by atoms with Crippen molar-refractivity contribution in [3.8, 4) is 0 Å². The summed E-state index contributed by atoms with van der Waals surface area (Å²) in [5.41, 5.74) is 0. The van der Waals surface area contributed by atoms with Gasteiger partial charge >= 0.3 is 5.97 Å². The second kappa shape index (κ2) is 6.55. The third kappa shape index (κ3) is 3.81. The third-order valence-electron chi connectivity index (χ3n) is 3.48. The number of carbonyl (C=O) groups is 1. The number of halogens is 1. The van der Waals surface area contributed by atoms with E-state index >= 15 is 0 Å². The maximum absolute atomic E-state index is 12.4. The minimum atomic E-state index is -3.39. The first-order chi connectivity index (χ1) is 9.39. The molecule has 2 rings (SSSR count). The zero-order chi connectivity index (χ0) is 14.8. The van der Waals surface area contributed by atoms with Gasteiger partial charge in [-0.25, -0.2) is 8.42 Å². The highest BCUT2D eigenvalue weighted by atomic mass is 79.9. The summed E-state index contributed by atoms with van der Waals surface area (Å²) in [6, 6.07) is 3.35. The van der Waals surface area contributed by atoms with E-state index in [2.05, 4.69) is 15.9 Å². The highest BCUT2D eigenvalue weighted by Gasteiger charge is 2.30. The third-order valence-corrected chi connectivity index (χ3v) is 7.47. The predicted molar refractivity (Wildman–Crippen MR) is 80.4 cm³/mol. The fraction of sp³-hybridized carbons (Fsp3) is 0.583. The van der Waals surface area contributed by atoms with E-state index in [0.29, 0.717) is 29.6 Å². The number of aliphatic carboxylic acids is 1. The van der Waals surface area contributed by atoms with E-state index in [1.54, 1.807) is 12.1 Å². The monoisotopic (exact) mass is 381 g/mol. The molecular weight excluding hydrogens is 366 g/mol. The van der Waals surface area contributed by atoms with Crippen LogP contribution in [-0.4, -0.2) is 36.9 Å².